The molecule has 2 amide bonds. The second-order valence-electron chi connectivity index (χ2n) is 13.8. The number of para-hydroxylation sites is 3. The standard InChI is InChI=1S/C43H37N5O6/c49-22-23-53-29-17-11-16-28(24-29)39-43(30-18-7-8-19-31(30)47-42(43)52)35(40(50)44-25-34-45-32-20-9-10-21-33(32)46-34)37-41(51)54-38(27-14-5-2-6-15-27)36(48(37)39)26-12-3-1-4-13-26/h1-21,24,35-39,49H,22-23,25H2,(H,44,50)(H,45,46)(H,47,52). The molecule has 9 rings (SSSR count). The first-order valence-corrected chi connectivity index (χ1v) is 18.0. The number of imidazole rings is 1. The molecule has 1 aromatic heterocycles. The number of fused-ring (bicyclic) bond motifs is 4. The lowest BCUT2D eigenvalue weighted by Crippen LogP contribution is -2.54. The molecule has 2 fully saturated rings. The van der Waals surface area contributed by atoms with E-state index in [1.54, 1.807) is 6.07 Å². The maximum atomic E-state index is 15.1. The number of aliphatic hydroxyl groups excluding tert-OH is 1. The predicted octanol–water partition coefficient (Wildman–Crippen LogP) is 5.52. The van der Waals surface area contributed by atoms with Crippen LogP contribution in [0.1, 0.15) is 46.3 Å². The molecule has 3 aliphatic rings. The molecule has 6 atom stereocenters. The lowest BCUT2D eigenvalue weighted by atomic mass is 9.65. The van der Waals surface area contributed by atoms with Crippen LogP contribution in [0.3, 0.4) is 0 Å². The molecule has 1 spiro atoms. The second-order valence-corrected chi connectivity index (χ2v) is 13.8. The summed E-state index contributed by atoms with van der Waals surface area (Å²) in [5.74, 6) is -1.72. The zero-order valence-electron chi connectivity index (χ0n) is 29.1. The lowest BCUT2D eigenvalue weighted by molar-refractivity contribution is -0.178. The largest absolute Gasteiger partial charge is 0.491 e. The van der Waals surface area contributed by atoms with Crippen molar-refractivity contribution in [2.45, 2.75) is 36.2 Å². The van der Waals surface area contributed by atoms with E-state index < -0.39 is 53.3 Å². The SMILES string of the molecule is O=C1OC(c2ccccc2)C(c2ccccc2)N2C1C(C(=O)NCc1nc3ccccc3[nH]1)C1(C(=O)Nc3ccccc31)C2c1cccc(OCCO)c1. The summed E-state index contributed by atoms with van der Waals surface area (Å²) < 4.78 is 12.4. The van der Waals surface area contributed by atoms with Gasteiger partial charge in [-0.3, -0.25) is 19.3 Å². The molecule has 11 heteroatoms. The zero-order valence-corrected chi connectivity index (χ0v) is 29.1. The number of hydrogen-bond acceptors (Lipinski definition) is 8. The van der Waals surface area contributed by atoms with Crippen LogP contribution in [0, 0.1) is 5.92 Å². The van der Waals surface area contributed by atoms with Crippen molar-refractivity contribution in [1.82, 2.24) is 20.2 Å². The number of carbonyl (C=O) groups is 3. The monoisotopic (exact) mass is 719 g/mol. The fourth-order valence-corrected chi connectivity index (χ4v) is 8.86. The molecule has 270 valence electrons. The number of aromatic nitrogens is 2. The average Bonchev–Trinajstić information content (AvgIpc) is 3.87. The summed E-state index contributed by atoms with van der Waals surface area (Å²) in [6.07, 6.45) is -0.775. The van der Waals surface area contributed by atoms with Crippen molar-refractivity contribution in [3.8, 4) is 5.75 Å². The first-order valence-electron chi connectivity index (χ1n) is 18.0. The summed E-state index contributed by atoms with van der Waals surface area (Å²) in [6.45, 7) is -0.0818. The number of esters is 1. The van der Waals surface area contributed by atoms with Crippen LogP contribution in [-0.4, -0.2) is 57.0 Å². The maximum absolute atomic E-state index is 15.1. The maximum Gasteiger partial charge on any atom is 0.324 e. The topological polar surface area (TPSA) is 146 Å². The number of morpholine rings is 1. The molecular formula is C43H37N5O6. The molecule has 0 saturated carbocycles. The van der Waals surface area contributed by atoms with Gasteiger partial charge in [0.25, 0.3) is 0 Å². The van der Waals surface area contributed by atoms with Crippen LogP contribution in [-0.2, 0) is 31.1 Å². The van der Waals surface area contributed by atoms with Crippen LogP contribution >= 0.6 is 0 Å². The van der Waals surface area contributed by atoms with Crippen molar-refractivity contribution in [1.29, 1.82) is 0 Å². The third kappa shape index (κ3) is 5.35. The molecule has 54 heavy (non-hydrogen) atoms. The minimum atomic E-state index is -1.60. The quantitative estimate of drug-likeness (QED) is 0.143. The van der Waals surface area contributed by atoms with E-state index in [1.165, 1.54) is 0 Å². The predicted molar refractivity (Wildman–Crippen MR) is 200 cm³/mol. The van der Waals surface area contributed by atoms with E-state index in [1.807, 2.05) is 132 Å². The van der Waals surface area contributed by atoms with Gasteiger partial charge >= 0.3 is 5.97 Å². The van der Waals surface area contributed by atoms with Crippen LogP contribution in [0.5, 0.6) is 5.75 Å². The van der Waals surface area contributed by atoms with E-state index in [-0.39, 0.29) is 19.8 Å². The van der Waals surface area contributed by atoms with Gasteiger partial charge in [-0.05, 0) is 52.6 Å². The van der Waals surface area contributed by atoms with Gasteiger partial charge in [-0.15, -0.1) is 0 Å². The van der Waals surface area contributed by atoms with Crippen molar-refractivity contribution in [3.05, 3.63) is 162 Å². The van der Waals surface area contributed by atoms with E-state index in [4.69, 9.17) is 9.47 Å². The number of nitrogens with one attached hydrogen (secondary N) is 3. The van der Waals surface area contributed by atoms with Gasteiger partial charge in [-0.1, -0.05) is 103 Å². The molecule has 2 saturated heterocycles. The fourth-order valence-electron chi connectivity index (χ4n) is 8.86. The average molecular weight is 720 g/mol. The number of benzene rings is 5. The number of anilines is 1. The Hall–Kier alpha value is -6.30. The summed E-state index contributed by atoms with van der Waals surface area (Å²) in [5, 5.41) is 15.7. The number of hydrogen-bond donors (Lipinski definition) is 4. The van der Waals surface area contributed by atoms with Crippen molar-refractivity contribution >= 4 is 34.5 Å². The van der Waals surface area contributed by atoms with Crippen LogP contribution in [0.2, 0.25) is 0 Å². The molecule has 3 aliphatic heterocycles. The molecule has 11 nitrogen and oxygen atoms in total. The van der Waals surface area contributed by atoms with Crippen molar-refractivity contribution < 1.29 is 29.0 Å². The highest BCUT2D eigenvalue weighted by Crippen LogP contribution is 2.64. The van der Waals surface area contributed by atoms with E-state index in [9.17, 15) is 9.90 Å². The summed E-state index contributed by atoms with van der Waals surface area (Å²) >= 11 is 0. The second kappa shape index (κ2) is 13.6. The minimum Gasteiger partial charge on any atom is -0.491 e. The Kier molecular flexibility index (Phi) is 8.44. The molecule has 6 unspecified atom stereocenters. The van der Waals surface area contributed by atoms with E-state index >= 15 is 9.59 Å². The Morgan fingerprint density at radius 2 is 1.54 bits per heavy atom. The molecule has 6 aromatic rings. The van der Waals surface area contributed by atoms with Gasteiger partial charge in [0.15, 0.2) is 0 Å². The number of rotatable bonds is 9. The zero-order chi connectivity index (χ0) is 36.8. The third-order valence-electron chi connectivity index (χ3n) is 10.9. The number of nitrogens with zero attached hydrogens (tertiary/aromatic N) is 2. The number of aromatic amines is 1. The van der Waals surface area contributed by atoms with Crippen LogP contribution in [0.4, 0.5) is 5.69 Å². The number of amides is 2. The van der Waals surface area contributed by atoms with Gasteiger partial charge in [-0.2, -0.15) is 0 Å². The van der Waals surface area contributed by atoms with Gasteiger partial charge in [0.05, 0.1) is 42.2 Å². The van der Waals surface area contributed by atoms with Crippen molar-refractivity contribution in [3.63, 3.8) is 0 Å². The van der Waals surface area contributed by atoms with Crippen LogP contribution in [0.15, 0.2) is 133 Å². The Morgan fingerprint density at radius 3 is 2.31 bits per heavy atom. The highest BCUT2D eigenvalue weighted by molar-refractivity contribution is 6.12. The molecule has 0 bridgehead atoms. The molecule has 5 aromatic carbocycles. The summed E-state index contributed by atoms with van der Waals surface area (Å²) in [7, 11) is 0. The first-order chi connectivity index (χ1) is 26.5. The summed E-state index contributed by atoms with van der Waals surface area (Å²) in [4.78, 5) is 55.0. The minimum absolute atomic E-state index is 0.0367. The molecule has 4 heterocycles. The van der Waals surface area contributed by atoms with Gasteiger partial charge < -0.3 is 30.2 Å². The van der Waals surface area contributed by atoms with Crippen molar-refractivity contribution in [2.75, 3.05) is 18.5 Å². The lowest BCUT2D eigenvalue weighted by Gasteiger charge is -2.46. The molecule has 4 N–H and O–H groups in total. The Balaban J connectivity index is 1.27. The van der Waals surface area contributed by atoms with Crippen LogP contribution in [0.25, 0.3) is 11.0 Å². The van der Waals surface area contributed by atoms with E-state index in [0.29, 0.717) is 28.4 Å². The number of carbonyl (C=O) groups excluding carboxylic acids is 3. The fraction of sp³-hybridized carbons (Fsp3) is 0.209. The van der Waals surface area contributed by atoms with E-state index in [0.717, 1.165) is 22.2 Å². The van der Waals surface area contributed by atoms with E-state index in [2.05, 4.69) is 20.6 Å². The van der Waals surface area contributed by atoms with Crippen molar-refractivity contribution in [2.24, 2.45) is 5.92 Å². The van der Waals surface area contributed by atoms with Gasteiger partial charge in [-0.25, -0.2) is 4.98 Å². The highest BCUT2D eigenvalue weighted by atomic mass is 16.6. The Morgan fingerprint density at radius 1 is 0.833 bits per heavy atom. The smallest absolute Gasteiger partial charge is 0.324 e. The summed E-state index contributed by atoms with van der Waals surface area (Å²) in [6, 6.07) is 38.9. The third-order valence-corrected chi connectivity index (χ3v) is 10.9. The molecule has 0 aliphatic carbocycles. The highest BCUT2D eigenvalue weighted by Gasteiger charge is 2.74. The number of cyclic esters (lactones) is 1. The summed E-state index contributed by atoms with van der Waals surface area (Å²) in [5.41, 5.74) is 3.45. The molecular weight excluding hydrogens is 683 g/mol. The van der Waals surface area contributed by atoms with Gasteiger partial charge in [0.1, 0.15) is 35.7 Å². The number of H-pyrrole nitrogens is 1. The first kappa shape index (κ1) is 33.5. The number of ether oxygens (including phenoxy) is 2. The van der Waals surface area contributed by atoms with Gasteiger partial charge in [0, 0.05) is 5.69 Å². The Labute approximate surface area is 310 Å². The normalized spacial score (nSPS) is 24.5. The molecule has 0 radical (unpaired) electrons. The van der Waals surface area contributed by atoms with Gasteiger partial charge in [0.2, 0.25) is 11.8 Å². The number of aliphatic hydroxyl groups is 1. The van der Waals surface area contributed by atoms with Crippen LogP contribution < -0.4 is 15.4 Å². The Bertz CT molecular complexity index is 2330.